The Morgan fingerprint density at radius 1 is 1.10 bits per heavy atom. The van der Waals surface area contributed by atoms with Gasteiger partial charge in [-0.2, -0.15) is 0 Å². The highest BCUT2D eigenvalue weighted by Gasteiger charge is 2.10. The van der Waals surface area contributed by atoms with E-state index < -0.39 is 5.97 Å². The molecule has 0 unspecified atom stereocenters. The van der Waals surface area contributed by atoms with Gasteiger partial charge in [0.15, 0.2) is 5.43 Å². The van der Waals surface area contributed by atoms with Crippen LogP contribution in [0, 0.1) is 5.41 Å². The van der Waals surface area contributed by atoms with Crippen LogP contribution < -0.4 is 5.43 Å². The van der Waals surface area contributed by atoms with Crippen molar-refractivity contribution in [2.75, 3.05) is 0 Å². The zero-order chi connectivity index (χ0) is 15.0. The van der Waals surface area contributed by atoms with Gasteiger partial charge in [0, 0.05) is 32.7 Å². The summed E-state index contributed by atoms with van der Waals surface area (Å²) in [5.41, 5.74) is 0.342. The molecule has 0 radical (unpaired) electrons. The summed E-state index contributed by atoms with van der Waals surface area (Å²) in [4.78, 5) is 23.4. The lowest BCUT2D eigenvalue weighted by Gasteiger charge is -2.05. The standard InChI is InChI=1S/C16H11NO3S/c1-9(18)20-16(17)10-6-7-14-12(8-10)15(19)11-4-2-3-5-13(11)21-14/h2-8,17H,1H3. The summed E-state index contributed by atoms with van der Waals surface area (Å²) in [6.07, 6.45) is 0. The van der Waals surface area contributed by atoms with Crippen molar-refractivity contribution in [3.8, 4) is 0 Å². The van der Waals surface area contributed by atoms with E-state index in [1.54, 1.807) is 24.3 Å². The van der Waals surface area contributed by atoms with Gasteiger partial charge in [-0.15, -0.1) is 11.3 Å². The second-order valence-corrected chi connectivity index (χ2v) is 5.64. The van der Waals surface area contributed by atoms with E-state index in [2.05, 4.69) is 0 Å². The molecule has 0 atom stereocenters. The first-order valence-corrected chi connectivity index (χ1v) is 7.11. The van der Waals surface area contributed by atoms with Gasteiger partial charge in [0.05, 0.1) is 0 Å². The normalized spacial score (nSPS) is 10.7. The number of hydrogen-bond acceptors (Lipinski definition) is 5. The van der Waals surface area contributed by atoms with E-state index in [1.165, 1.54) is 18.3 Å². The van der Waals surface area contributed by atoms with E-state index in [-0.39, 0.29) is 11.3 Å². The molecule has 3 rings (SSSR count). The molecular formula is C16H11NO3S. The van der Waals surface area contributed by atoms with Gasteiger partial charge in [0.25, 0.3) is 0 Å². The zero-order valence-corrected chi connectivity index (χ0v) is 12.0. The van der Waals surface area contributed by atoms with Crippen LogP contribution in [0.25, 0.3) is 20.2 Å². The highest BCUT2D eigenvalue weighted by molar-refractivity contribution is 7.24. The van der Waals surface area contributed by atoms with Gasteiger partial charge in [0.1, 0.15) is 0 Å². The maximum atomic E-state index is 12.5. The lowest BCUT2D eigenvalue weighted by atomic mass is 10.1. The molecule has 4 nitrogen and oxygen atoms in total. The van der Waals surface area contributed by atoms with Crippen LogP contribution in [0.2, 0.25) is 0 Å². The first-order valence-electron chi connectivity index (χ1n) is 6.29. The van der Waals surface area contributed by atoms with Gasteiger partial charge in [-0.1, -0.05) is 12.1 Å². The summed E-state index contributed by atoms with van der Waals surface area (Å²) in [5.74, 6) is -0.800. The maximum absolute atomic E-state index is 12.5. The van der Waals surface area contributed by atoms with Gasteiger partial charge < -0.3 is 4.74 Å². The van der Waals surface area contributed by atoms with Gasteiger partial charge in [-0.05, 0) is 30.3 Å². The van der Waals surface area contributed by atoms with E-state index in [0.29, 0.717) is 16.3 Å². The Morgan fingerprint density at radius 2 is 1.81 bits per heavy atom. The van der Waals surface area contributed by atoms with Crippen molar-refractivity contribution >= 4 is 43.4 Å². The molecule has 0 fully saturated rings. The van der Waals surface area contributed by atoms with Gasteiger partial charge in [-0.3, -0.25) is 15.0 Å². The molecule has 0 saturated carbocycles. The molecule has 1 aromatic heterocycles. The molecule has 0 spiro atoms. The first-order chi connectivity index (χ1) is 10.1. The minimum Gasteiger partial charge on any atom is -0.408 e. The predicted molar refractivity (Wildman–Crippen MR) is 84.2 cm³/mol. The molecule has 0 amide bonds. The summed E-state index contributed by atoms with van der Waals surface area (Å²) in [7, 11) is 0. The van der Waals surface area contributed by atoms with Crippen LogP contribution in [0.4, 0.5) is 0 Å². The van der Waals surface area contributed by atoms with Crippen molar-refractivity contribution in [1.82, 2.24) is 0 Å². The van der Waals surface area contributed by atoms with Crippen LogP contribution in [-0.4, -0.2) is 11.9 Å². The number of benzene rings is 2. The Balaban J connectivity index is 2.24. The highest BCUT2D eigenvalue weighted by Crippen LogP contribution is 2.25. The van der Waals surface area contributed by atoms with Crippen LogP contribution in [0.15, 0.2) is 47.3 Å². The molecule has 0 saturated heterocycles. The fourth-order valence-corrected chi connectivity index (χ4v) is 3.20. The van der Waals surface area contributed by atoms with Crippen molar-refractivity contribution in [1.29, 1.82) is 5.41 Å². The number of carbonyl (C=O) groups is 1. The Bertz CT molecular complexity index is 943. The quantitative estimate of drug-likeness (QED) is 0.324. The van der Waals surface area contributed by atoms with Crippen LogP contribution in [0.1, 0.15) is 12.5 Å². The number of ether oxygens (including phenoxy) is 1. The van der Waals surface area contributed by atoms with Crippen molar-refractivity contribution in [2.24, 2.45) is 0 Å². The second-order valence-electron chi connectivity index (χ2n) is 4.56. The SMILES string of the molecule is CC(=O)OC(=N)c1ccc2sc3ccccc3c(=O)c2c1. The number of carbonyl (C=O) groups excluding carboxylic acids is 1. The number of hydrogen-bond donors (Lipinski definition) is 1. The van der Waals surface area contributed by atoms with Crippen molar-refractivity contribution in [3.05, 3.63) is 58.3 Å². The zero-order valence-electron chi connectivity index (χ0n) is 11.2. The number of rotatable bonds is 1. The van der Waals surface area contributed by atoms with Gasteiger partial charge in [0.2, 0.25) is 5.90 Å². The fraction of sp³-hybridized carbons (Fsp3) is 0.0625. The Kier molecular flexibility index (Phi) is 3.27. The molecule has 0 aliphatic carbocycles. The summed E-state index contributed by atoms with van der Waals surface area (Å²) in [5, 5.41) is 8.92. The van der Waals surface area contributed by atoms with Crippen LogP contribution in [-0.2, 0) is 9.53 Å². The van der Waals surface area contributed by atoms with Crippen molar-refractivity contribution in [2.45, 2.75) is 6.92 Å². The molecule has 104 valence electrons. The van der Waals surface area contributed by atoms with E-state index in [0.717, 1.165) is 9.40 Å². The lowest BCUT2D eigenvalue weighted by Crippen LogP contribution is -2.10. The Morgan fingerprint density at radius 3 is 2.57 bits per heavy atom. The summed E-state index contributed by atoms with van der Waals surface area (Å²) in [6.45, 7) is 1.24. The Hall–Kier alpha value is -2.53. The van der Waals surface area contributed by atoms with E-state index in [4.69, 9.17) is 10.1 Å². The van der Waals surface area contributed by atoms with Crippen molar-refractivity contribution < 1.29 is 9.53 Å². The topological polar surface area (TPSA) is 67.2 Å². The minimum absolute atomic E-state index is 0.0724. The summed E-state index contributed by atoms with van der Waals surface area (Å²) < 4.78 is 6.53. The second kappa shape index (κ2) is 5.10. The number of fused-ring (bicyclic) bond motifs is 2. The van der Waals surface area contributed by atoms with E-state index in [1.807, 2.05) is 18.2 Å². The molecule has 2 aromatic carbocycles. The number of esters is 1. The largest absolute Gasteiger partial charge is 0.408 e. The number of nitrogens with one attached hydrogen (secondary N) is 1. The minimum atomic E-state index is -0.552. The van der Waals surface area contributed by atoms with E-state index >= 15 is 0 Å². The maximum Gasteiger partial charge on any atom is 0.309 e. The predicted octanol–water partition coefficient (Wildman–Crippen LogP) is 3.30. The van der Waals surface area contributed by atoms with Crippen LogP contribution >= 0.6 is 11.3 Å². The molecular weight excluding hydrogens is 286 g/mol. The van der Waals surface area contributed by atoms with E-state index in [9.17, 15) is 9.59 Å². The third-order valence-corrected chi connectivity index (χ3v) is 4.24. The van der Waals surface area contributed by atoms with Crippen molar-refractivity contribution in [3.63, 3.8) is 0 Å². The highest BCUT2D eigenvalue weighted by atomic mass is 32.1. The molecule has 1 N–H and O–H groups in total. The van der Waals surface area contributed by atoms with Gasteiger partial charge >= 0.3 is 5.97 Å². The molecule has 0 aliphatic heterocycles. The molecule has 5 heteroatoms. The smallest absolute Gasteiger partial charge is 0.309 e. The third-order valence-electron chi connectivity index (χ3n) is 3.08. The molecule has 21 heavy (non-hydrogen) atoms. The summed E-state index contributed by atoms with van der Waals surface area (Å²) in [6, 6.07) is 12.5. The monoisotopic (exact) mass is 297 g/mol. The molecule has 0 bridgehead atoms. The first kappa shape index (κ1) is 13.5. The fourth-order valence-electron chi connectivity index (χ4n) is 2.15. The molecule has 0 aliphatic rings. The van der Waals surface area contributed by atoms with Crippen LogP contribution in [0.5, 0.6) is 0 Å². The van der Waals surface area contributed by atoms with Crippen LogP contribution in [0.3, 0.4) is 0 Å². The average molecular weight is 297 g/mol. The summed E-state index contributed by atoms with van der Waals surface area (Å²) >= 11 is 1.52. The lowest BCUT2D eigenvalue weighted by molar-refractivity contribution is -0.133. The van der Waals surface area contributed by atoms with Gasteiger partial charge in [-0.25, -0.2) is 0 Å². The average Bonchev–Trinajstić information content (AvgIpc) is 2.46. The molecule has 3 aromatic rings. The Labute approximate surface area is 124 Å². The third kappa shape index (κ3) is 2.43. The molecule has 1 heterocycles.